The standard InChI is InChI=1S/C16H19FN2O/c1-11(15-9-4-12(17)10-16(15)20)18-13-5-7-14(8-6-13)19(2)3/h4-11,18,20H,1-3H3. The van der Waals surface area contributed by atoms with E-state index < -0.39 is 5.82 Å². The quantitative estimate of drug-likeness (QED) is 0.891. The van der Waals surface area contributed by atoms with Crippen LogP contribution in [0.4, 0.5) is 15.8 Å². The molecule has 0 saturated carbocycles. The second kappa shape index (κ2) is 5.82. The van der Waals surface area contributed by atoms with Crippen molar-refractivity contribution in [1.29, 1.82) is 0 Å². The number of aromatic hydroxyl groups is 1. The molecule has 0 fully saturated rings. The van der Waals surface area contributed by atoms with Gasteiger partial charge in [0.15, 0.2) is 0 Å². The second-order valence-corrected chi connectivity index (χ2v) is 5.01. The van der Waals surface area contributed by atoms with Crippen LogP contribution in [-0.4, -0.2) is 19.2 Å². The zero-order valence-electron chi connectivity index (χ0n) is 11.9. The molecule has 0 amide bonds. The van der Waals surface area contributed by atoms with Crippen LogP contribution in [0.25, 0.3) is 0 Å². The normalized spacial score (nSPS) is 12.0. The van der Waals surface area contributed by atoms with Gasteiger partial charge in [-0.25, -0.2) is 4.39 Å². The fraction of sp³-hybridized carbons (Fsp3) is 0.250. The monoisotopic (exact) mass is 274 g/mol. The average molecular weight is 274 g/mol. The van der Waals surface area contributed by atoms with Crippen molar-refractivity contribution in [2.45, 2.75) is 13.0 Å². The predicted octanol–water partition coefficient (Wildman–Crippen LogP) is 3.77. The Morgan fingerprint density at radius 2 is 1.75 bits per heavy atom. The summed E-state index contributed by atoms with van der Waals surface area (Å²) in [5.74, 6) is -0.469. The molecule has 2 N–H and O–H groups in total. The van der Waals surface area contributed by atoms with Gasteiger partial charge in [0, 0.05) is 37.1 Å². The number of phenolic OH excluding ortho intramolecular Hbond substituents is 1. The minimum Gasteiger partial charge on any atom is -0.507 e. The first-order valence-corrected chi connectivity index (χ1v) is 6.49. The van der Waals surface area contributed by atoms with Crippen LogP contribution in [0, 0.1) is 5.82 Å². The summed E-state index contributed by atoms with van der Waals surface area (Å²) in [6.45, 7) is 1.92. The van der Waals surface area contributed by atoms with Gasteiger partial charge in [0.1, 0.15) is 11.6 Å². The van der Waals surface area contributed by atoms with Gasteiger partial charge in [-0.05, 0) is 37.3 Å². The Morgan fingerprint density at radius 3 is 2.30 bits per heavy atom. The molecule has 0 aliphatic carbocycles. The minimum atomic E-state index is -0.436. The largest absolute Gasteiger partial charge is 0.507 e. The molecule has 3 nitrogen and oxygen atoms in total. The van der Waals surface area contributed by atoms with Crippen LogP contribution in [0.5, 0.6) is 5.75 Å². The van der Waals surface area contributed by atoms with E-state index in [1.54, 1.807) is 6.07 Å². The Bertz CT molecular complexity index is 582. The highest BCUT2D eigenvalue weighted by Gasteiger charge is 2.11. The average Bonchev–Trinajstić information content (AvgIpc) is 2.39. The second-order valence-electron chi connectivity index (χ2n) is 5.01. The molecular weight excluding hydrogens is 255 g/mol. The Morgan fingerprint density at radius 1 is 1.10 bits per heavy atom. The summed E-state index contributed by atoms with van der Waals surface area (Å²) < 4.78 is 13.0. The lowest BCUT2D eigenvalue weighted by Gasteiger charge is -2.18. The van der Waals surface area contributed by atoms with E-state index in [1.165, 1.54) is 6.07 Å². The maximum absolute atomic E-state index is 13.0. The lowest BCUT2D eigenvalue weighted by molar-refractivity contribution is 0.459. The highest BCUT2D eigenvalue weighted by atomic mass is 19.1. The molecule has 4 heteroatoms. The third kappa shape index (κ3) is 3.20. The summed E-state index contributed by atoms with van der Waals surface area (Å²) in [5.41, 5.74) is 2.74. The zero-order valence-corrected chi connectivity index (χ0v) is 11.9. The number of hydrogen-bond acceptors (Lipinski definition) is 3. The van der Waals surface area contributed by atoms with Crippen molar-refractivity contribution in [2.24, 2.45) is 0 Å². The summed E-state index contributed by atoms with van der Waals surface area (Å²) in [6.07, 6.45) is 0. The van der Waals surface area contributed by atoms with Crippen molar-refractivity contribution in [3.8, 4) is 5.75 Å². The molecule has 1 atom stereocenters. The van der Waals surface area contributed by atoms with Crippen molar-refractivity contribution in [3.63, 3.8) is 0 Å². The third-order valence-corrected chi connectivity index (χ3v) is 3.23. The Kier molecular flexibility index (Phi) is 4.13. The number of anilines is 2. The topological polar surface area (TPSA) is 35.5 Å². The number of nitrogens with one attached hydrogen (secondary N) is 1. The highest BCUT2D eigenvalue weighted by Crippen LogP contribution is 2.28. The number of hydrogen-bond donors (Lipinski definition) is 2. The van der Waals surface area contributed by atoms with E-state index in [2.05, 4.69) is 5.32 Å². The first-order chi connectivity index (χ1) is 9.47. The lowest BCUT2D eigenvalue weighted by atomic mass is 10.1. The van der Waals surface area contributed by atoms with E-state index in [0.717, 1.165) is 17.4 Å². The van der Waals surface area contributed by atoms with Crippen molar-refractivity contribution >= 4 is 11.4 Å². The van der Waals surface area contributed by atoms with E-state index in [0.29, 0.717) is 5.56 Å². The molecule has 2 aromatic carbocycles. The summed E-state index contributed by atoms with van der Waals surface area (Å²) in [6, 6.07) is 11.9. The van der Waals surface area contributed by atoms with Crippen molar-refractivity contribution in [1.82, 2.24) is 0 Å². The van der Waals surface area contributed by atoms with Gasteiger partial charge in [0.05, 0.1) is 6.04 Å². The van der Waals surface area contributed by atoms with Gasteiger partial charge < -0.3 is 15.3 Å². The number of nitrogens with zero attached hydrogens (tertiary/aromatic N) is 1. The molecule has 0 bridgehead atoms. The SMILES string of the molecule is CC(Nc1ccc(N(C)C)cc1)c1ccc(F)cc1O. The molecule has 0 aliphatic heterocycles. The zero-order chi connectivity index (χ0) is 14.7. The van der Waals surface area contributed by atoms with Crippen LogP contribution < -0.4 is 10.2 Å². The van der Waals surface area contributed by atoms with Gasteiger partial charge in [-0.1, -0.05) is 6.07 Å². The van der Waals surface area contributed by atoms with Gasteiger partial charge in [-0.15, -0.1) is 0 Å². The fourth-order valence-corrected chi connectivity index (χ4v) is 2.07. The molecule has 2 aromatic rings. The predicted molar refractivity (Wildman–Crippen MR) is 80.9 cm³/mol. The van der Waals surface area contributed by atoms with Gasteiger partial charge in [0.2, 0.25) is 0 Å². The summed E-state index contributed by atoms with van der Waals surface area (Å²) in [7, 11) is 3.98. The summed E-state index contributed by atoms with van der Waals surface area (Å²) >= 11 is 0. The van der Waals surface area contributed by atoms with Crippen LogP contribution in [0.3, 0.4) is 0 Å². The molecule has 1 unspecified atom stereocenters. The number of benzene rings is 2. The molecule has 0 aliphatic rings. The molecule has 0 heterocycles. The van der Waals surface area contributed by atoms with Gasteiger partial charge in [-0.2, -0.15) is 0 Å². The van der Waals surface area contributed by atoms with E-state index in [4.69, 9.17) is 0 Å². The first-order valence-electron chi connectivity index (χ1n) is 6.49. The highest BCUT2D eigenvalue weighted by molar-refractivity contribution is 5.55. The molecule has 0 spiro atoms. The van der Waals surface area contributed by atoms with Gasteiger partial charge in [-0.3, -0.25) is 0 Å². The van der Waals surface area contributed by atoms with E-state index >= 15 is 0 Å². The summed E-state index contributed by atoms with van der Waals surface area (Å²) in [5, 5.41) is 13.1. The van der Waals surface area contributed by atoms with Crippen LogP contribution >= 0.6 is 0 Å². The fourth-order valence-electron chi connectivity index (χ4n) is 2.07. The van der Waals surface area contributed by atoms with Crippen LogP contribution in [0.15, 0.2) is 42.5 Å². The van der Waals surface area contributed by atoms with Gasteiger partial charge in [0.25, 0.3) is 0 Å². The van der Waals surface area contributed by atoms with Crippen LogP contribution in [0.1, 0.15) is 18.5 Å². The number of rotatable bonds is 4. The molecule has 0 aromatic heterocycles. The van der Waals surface area contributed by atoms with Crippen molar-refractivity contribution in [2.75, 3.05) is 24.3 Å². The van der Waals surface area contributed by atoms with Crippen LogP contribution in [0.2, 0.25) is 0 Å². The first kappa shape index (κ1) is 14.2. The summed E-state index contributed by atoms with van der Waals surface area (Å²) in [4.78, 5) is 2.03. The Labute approximate surface area is 118 Å². The van der Waals surface area contributed by atoms with E-state index in [1.807, 2.05) is 50.2 Å². The third-order valence-electron chi connectivity index (χ3n) is 3.23. The van der Waals surface area contributed by atoms with E-state index in [-0.39, 0.29) is 11.8 Å². The molecule has 20 heavy (non-hydrogen) atoms. The van der Waals surface area contributed by atoms with Gasteiger partial charge >= 0.3 is 0 Å². The molecular formula is C16H19FN2O. The lowest BCUT2D eigenvalue weighted by Crippen LogP contribution is -2.09. The van der Waals surface area contributed by atoms with Crippen molar-refractivity contribution in [3.05, 3.63) is 53.8 Å². The van der Waals surface area contributed by atoms with Crippen molar-refractivity contribution < 1.29 is 9.50 Å². The Hall–Kier alpha value is -2.23. The maximum Gasteiger partial charge on any atom is 0.126 e. The van der Waals surface area contributed by atoms with E-state index in [9.17, 15) is 9.50 Å². The maximum atomic E-state index is 13.0. The minimum absolute atomic E-state index is 0.0325. The smallest absolute Gasteiger partial charge is 0.126 e. The molecule has 2 rings (SSSR count). The number of phenols is 1. The number of halogens is 1. The molecule has 0 saturated heterocycles. The molecule has 106 valence electrons. The molecule has 0 radical (unpaired) electrons. The van der Waals surface area contributed by atoms with Crippen LogP contribution in [-0.2, 0) is 0 Å². The Balaban J connectivity index is 2.12.